The summed E-state index contributed by atoms with van der Waals surface area (Å²) in [4.78, 5) is 4.63. The molecule has 1 atom stereocenters. The van der Waals surface area contributed by atoms with Crippen molar-refractivity contribution in [2.24, 2.45) is 4.99 Å². The van der Waals surface area contributed by atoms with Gasteiger partial charge in [0.1, 0.15) is 6.10 Å². The third kappa shape index (κ3) is 6.84. The Balaban J connectivity index is 1.80. The van der Waals surface area contributed by atoms with Gasteiger partial charge in [-0.25, -0.2) is 4.99 Å². The van der Waals surface area contributed by atoms with Gasteiger partial charge >= 0.3 is 0 Å². The molecule has 1 aromatic carbocycles. The number of aromatic amines is 1. The lowest BCUT2D eigenvalue weighted by molar-refractivity contribution is 0.219. The van der Waals surface area contributed by atoms with Crippen LogP contribution in [0.5, 0.6) is 11.5 Å². The van der Waals surface area contributed by atoms with Crippen molar-refractivity contribution in [3.63, 3.8) is 0 Å². The molecule has 1 aromatic heterocycles. The summed E-state index contributed by atoms with van der Waals surface area (Å²) in [5, 5.41) is 13.7. The maximum atomic E-state index is 5.95. The largest absolute Gasteiger partial charge is 0.493 e. The van der Waals surface area contributed by atoms with E-state index in [0.29, 0.717) is 6.54 Å². The molecule has 0 bridgehead atoms. The molecule has 1 heterocycles. The van der Waals surface area contributed by atoms with Gasteiger partial charge in [-0.15, -0.1) is 0 Å². The number of para-hydroxylation sites is 2. The number of aryl methyl sites for hydroxylation is 2. The minimum Gasteiger partial charge on any atom is -0.493 e. The van der Waals surface area contributed by atoms with Crippen LogP contribution < -0.4 is 20.1 Å². The van der Waals surface area contributed by atoms with E-state index in [0.717, 1.165) is 49.1 Å². The Morgan fingerprint density at radius 1 is 1.26 bits per heavy atom. The van der Waals surface area contributed by atoms with Crippen LogP contribution in [0.15, 0.2) is 35.5 Å². The van der Waals surface area contributed by atoms with Crippen LogP contribution in [0.2, 0.25) is 0 Å². The molecule has 2 rings (SSSR count). The predicted octanol–water partition coefficient (Wildman–Crippen LogP) is 2.68. The Morgan fingerprint density at radius 2 is 2.04 bits per heavy atom. The molecule has 148 valence electrons. The molecule has 0 saturated carbocycles. The van der Waals surface area contributed by atoms with Crippen LogP contribution in [0, 0.1) is 6.92 Å². The first kappa shape index (κ1) is 20.6. The van der Waals surface area contributed by atoms with Crippen molar-refractivity contribution in [2.75, 3.05) is 26.7 Å². The van der Waals surface area contributed by atoms with E-state index in [2.05, 4.69) is 32.7 Å². The van der Waals surface area contributed by atoms with Crippen LogP contribution in [0.4, 0.5) is 0 Å². The first-order chi connectivity index (χ1) is 13.1. The van der Waals surface area contributed by atoms with E-state index in [-0.39, 0.29) is 6.10 Å². The topological polar surface area (TPSA) is 83.6 Å². The molecule has 2 aromatic rings. The van der Waals surface area contributed by atoms with Crippen molar-refractivity contribution in [3.05, 3.63) is 41.7 Å². The molecule has 0 aliphatic carbocycles. The van der Waals surface area contributed by atoms with Crippen molar-refractivity contribution in [3.8, 4) is 11.5 Å². The van der Waals surface area contributed by atoms with Crippen molar-refractivity contribution < 1.29 is 9.47 Å². The van der Waals surface area contributed by atoms with Crippen molar-refractivity contribution in [1.82, 2.24) is 20.8 Å². The van der Waals surface area contributed by atoms with Gasteiger partial charge in [-0.1, -0.05) is 12.1 Å². The van der Waals surface area contributed by atoms with Gasteiger partial charge < -0.3 is 20.1 Å². The number of methoxy groups -OCH3 is 1. The first-order valence-electron chi connectivity index (χ1n) is 9.44. The molecule has 0 aliphatic heterocycles. The number of benzene rings is 1. The maximum Gasteiger partial charge on any atom is 0.191 e. The summed E-state index contributed by atoms with van der Waals surface area (Å²) in [5.74, 6) is 2.26. The third-order valence-corrected chi connectivity index (χ3v) is 4.10. The Kier molecular flexibility index (Phi) is 8.48. The van der Waals surface area contributed by atoms with E-state index < -0.39 is 0 Å². The standard InChI is InChI=1S/C20H31N5O2/c1-5-21-20(22-12-8-9-17-14-24-25-16(17)3)23-13-15(2)27-19-11-7-6-10-18(19)26-4/h6-7,10-11,14-15H,5,8-9,12-13H2,1-4H3,(H,24,25)(H2,21,22,23). The average Bonchev–Trinajstić information content (AvgIpc) is 3.08. The summed E-state index contributed by atoms with van der Waals surface area (Å²) in [6, 6.07) is 7.65. The average molecular weight is 374 g/mol. The number of guanidine groups is 1. The second-order valence-corrected chi connectivity index (χ2v) is 6.35. The van der Waals surface area contributed by atoms with E-state index in [9.17, 15) is 0 Å². The van der Waals surface area contributed by atoms with Crippen molar-refractivity contribution in [1.29, 1.82) is 0 Å². The van der Waals surface area contributed by atoms with Crippen LogP contribution >= 0.6 is 0 Å². The number of ether oxygens (including phenoxy) is 2. The second-order valence-electron chi connectivity index (χ2n) is 6.35. The van der Waals surface area contributed by atoms with Crippen LogP contribution in [0.3, 0.4) is 0 Å². The predicted molar refractivity (Wildman–Crippen MR) is 109 cm³/mol. The number of nitrogens with one attached hydrogen (secondary N) is 3. The molecule has 7 nitrogen and oxygen atoms in total. The zero-order valence-electron chi connectivity index (χ0n) is 16.7. The number of hydrogen-bond donors (Lipinski definition) is 3. The van der Waals surface area contributed by atoms with Gasteiger partial charge in [-0.3, -0.25) is 5.10 Å². The summed E-state index contributed by atoms with van der Waals surface area (Å²) >= 11 is 0. The highest BCUT2D eigenvalue weighted by molar-refractivity contribution is 5.79. The van der Waals surface area contributed by atoms with E-state index in [1.54, 1.807) is 7.11 Å². The number of H-pyrrole nitrogens is 1. The van der Waals surface area contributed by atoms with Gasteiger partial charge in [-0.05, 0) is 51.3 Å². The zero-order valence-corrected chi connectivity index (χ0v) is 16.7. The van der Waals surface area contributed by atoms with E-state index in [1.165, 1.54) is 5.56 Å². The monoisotopic (exact) mass is 373 g/mol. The number of rotatable bonds is 10. The van der Waals surface area contributed by atoms with E-state index >= 15 is 0 Å². The Bertz CT molecular complexity index is 714. The molecule has 7 heteroatoms. The molecule has 1 unspecified atom stereocenters. The Morgan fingerprint density at radius 3 is 2.70 bits per heavy atom. The van der Waals surface area contributed by atoms with Gasteiger partial charge in [0, 0.05) is 18.8 Å². The van der Waals surface area contributed by atoms with Crippen molar-refractivity contribution in [2.45, 2.75) is 39.7 Å². The summed E-state index contributed by atoms with van der Waals surface area (Å²) in [5.41, 5.74) is 2.40. The molecule has 0 saturated heterocycles. The molecule has 0 radical (unpaired) electrons. The lowest BCUT2D eigenvalue weighted by Crippen LogP contribution is -2.38. The number of hydrogen-bond acceptors (Lipinski definition) is 4. The third-order valence-electron chi connectivity index (χ3n) is 4.10. The molecule has 3 N–H and O–H groups in total. The van der Waals surface area contributed by atoms with Gasteiger partial charge in [0.05, 0.1) is 19.9 Å². The van der Waals surface area contributed by atoms with Crippen LogP contribution in [0.25, 0.3) is 0 Å². The highest BCUT2D eigenvalue weighted by Gasteiger charge is 2.08. The van der Waals surface area contributed by atoms with Crippen LogP contribution in [-0.4, -0.2) is 49.0 Å². The number of aliphatic imine (C=N–C) groups is 1. The minimum atomic E-state index is -0.0645. The summed E-state index contributed by atoms with van der Waals surface area (Å²) in [6.07, 6.45) is 3.83. The fourth-order valence-electron chi connectivity index (χ4n) is 2.65. The van der Waals surface area contributed by atoms with Crippen LogP contribution in [-0.2, 0) is 6.42 Å². The molecular formula is C20H31N5O2. The fraction of sp³-hybridized carbons (Fsp3) is 0.500. The number of nitrogens with zero attached hydrogens (tertiary/aromatic N) is 2. The quantitative estimate of drug-likeness (QED) is 0.339. The van der Waals surface area contributed by atoms with E-state index in [1.807, 2.05) is 44.3 Å². The SMILES string of the molecule is CCNC(=NCC(C)Oc1ccccc1OC)NCCCc1cn[nH]c1C. The zero-order chi connectivity index (χ0) is 19.5. The lowest BCUT2D eigenvalue weighted by atomic mass is 10.1. The molecule has 0 spiro atoms. The summed E-state index contributed by atoms with van der Waals surface area (Å²) < 4.78 is 11.3. The molecule has 0 aliphatic rings. The van der Waals surface area contributed by atoms with Gasteiger partial charge in [0.2, 0.25) is 0 Å². The van der Waals surface area contributed by atoms with Gasteiger partial charge in [0.25, 0.3) is 0 Å². The van der Waals surface area contributed by atoms with E-state index in [4.69, 9.17) is 9.47 Å². The second kappa shape index (κ2) is 11.1. The fourth-order valence-corrected chi connectivity index (χ4v) is 2.65. The maximum absolute atomic E-state index is 5.95. The van der Waals surface area contributed by atoms with Gasteiger partial charge in [0.15, 0.2) is 17.5 Å². The van der Waals surface area contributed by atoms with Gasteiger partial charge in [-0.2, -0.15) is 5.10 Å². The summed E-state index contributed by atoms with van der Waals surface area (Å²) in [6.45, 7) is 8.31. The highest BCUT2D eigenvalue weighted by atomic mass is 16.5. The molecule has 27 heavy (non-hydrogen) atoms. The van der Waals surface area contributed by atoms with Crippen LogP contribution in [0.1, 0.15) is 31.5 Å². The first-order valence-corrected chi connectivity index (χ1v) is 9.44. The molecule has 0 fully saturated rings. The Labute approximate surface area is 161 Å². The highest BCUT2D eigenvalue weighted by Crippen LogP contribution is 2.26. The normalized spacial score (nSPS) is 12.5. The lowest BCUT2D eigenvalue weighted by Gasteiger charge is -2.16. The smallest absolute Gasteiger partial charge is 0.191 e. The minimum absolute atomic E-state index is 0.0645. The van der Waals surface area contributed by atoms with Crippen molar-refractivity contribution >= 4 is 5.96 Å². The molecular weight excluding hydrogens is 342 g/mol. The summed E-state index contributed by atoms with van der Waals surface area (Å²) in [7, 11) is 1.64. The molecule has 0 amide bonds. The Hall–Kier alpha value is -2.70. The number of aromatic nitrogens is 2.